The molecule has 0 radical (unpaired) electrons. The molecule has 0 aliphatic rings. The summed E-state index contributed by atoms with van der Waals surface area (Å²) in [6.45, 7) is 5.55. The first-order valence-electron chi connectivity index (χ1n) is 5.24. The van der Waals surface area contributed by atoms with Gasteiger partial charge in [0.2, 0.25) is 0 Å². The Balaban J connectivity index is 2.90. The van der Waals surface area contributed by atoms with Gasteiger partial charge in [-0.2, -0.15) is 18.4 Å². The van der Waals surface area contributed by atoms with E-state index >= 15 is 0 Å². The number of hydrazone groups is 1. The van der Waals surface area contributed by atoms with Crippen molar-refractivity contribution in [3.63, 3.8) is 0 Å². The van der Waals surface area contributed by atoms with Crippen LogP contribution in [0, 0.1) is 12.8 Å². The maximum absolute atomic E-state index is 11.8. The molecule has 0 fully saturated rings. The lowest BCUT2D eigenvalue weighted by atomic mass is 10.2. The predicted molar refractivity (Wildman–Crippen MR) is 68.0 cm³/mol. The molecule has 0 saturated carbocycles. The number of nitrogens with zero attached hydrogens (tertiary/aromatic N) is 1. The van der Waals surface area contributed by atoms with Crippen LogP contribution in [0.15, 0.2) is 34.3 Å². The van der Waals surface area contributed by atoms with Crippen molar-refractivity contribution in [2.75, 3.05) is 0 Å². The zero-order valence-corrected chi connectivity index (χ0v) is 11.0. The number of hydrogen-bond acceptors (Lipinski definition) is 3. The Hall–Kier alpha value is -1.56. The summed E-state index contributed by atoms with van der Waals surface area (Å²) in [5.74, 6) is 0.247. The molecule has 0 bridgehead atoms. The fourth-order valence-corrected chi connectivity index (χ4v) is 1.84. The molecule has 1 rings (SSSR count). The van der Waals surface area contributed by atoms with Gasteiger partial charge in [0.1, 0.15) is 5.84 Å². The van der Waals surface area contributed by atoms with Crippen molar-refractivity contribution >= 4 is 15.9 Å². The Morgan fingerprint density at radius 1 is 1.29 bits per heavy atom. The van der Waals surface area contributed by atoms with E-state index in [0.717, 1.165) is 5.56 Å². The van der Waals surface area contributed by atoms with E-state index < -0.39 is 10.0 Å². The standard InChI is InChI=1S/C11H17N3O2S/c1-8(2)11(12)13-14-17(15,16)10-6-4-9(3)5-7-10/h4-8,14H,1-3H3,(H2,12,13). The normalized spacial score (nSPS) is 12.8. The summed E-state index contributed by atoms with van der Waals surface area (Å²) in [6.07, 6.45) is 0. The van der Waals surface area contributed by atoms with Gasteiger partial charge in [-0.25, -0.2) is 0 Å². The van der Waals surface area contributed by atoms with Crippen molar-refractivity contribution in [3.8, 4) is 0 Å². The second kappa shape index (κ2) is 5.18. The Bertz CT molecular complexity index is 504. The lowest BCUT2D eigenvalue weighted by molar-refractivity contribution is 0.584. The molecule has 0 amide bonds. The number of nitrogens with one attached hydrogen (secondary N) is 1. The van der Waals surface area contributed by atoms with Crippen LogP contribution in [0.5, 0.6) is 0 Å². The summed E-state index contributed by atoms with van der Waals surface area (Å²) in [5, 5.41) is 3.65. The summed E-state index contributed by atoms with van der Waals surface area (Å²) >= 11 is 0. The van der Waals surface area contributed by atoms with Crippen molar-refractivity contribution in [3.05, 3.63) is 29.8 Å². The van der Waals surface area contributed by atoms with Gasteiger partial charge >= 0.3 is 0 Å². The topological polar surface area (TPSA) is 84.5 Å². The molecule has 1 aromatic carbocycles. The number of nitrogens with two attached hydrogens (primary N) is 1. The molecule has 0 saturated heterocycles. The van der Waals surface area contributed by atoms with Gasteiger partial charge in [-0.05, 0) is 19.1 Å². The smallest absolute Gasteiger partial charge is 0.276 e. The minimum atomic E-state index is -3.62. The summed E-state index contributed by atoms with van der Waals surface area (Å²) in [6, 6.07) is 6.51. The van der Waals surface area contributed by atoms with Crippen LogP contribution in [0.25, 0.3) is 0 Å². The van der Waals surface area contributed by atoms with Crippen LogP contribution in [0.3, 0.4) is 0 Å². The van der Waals surface area contributed by atoms with E-state index in [2.05, 4.69) is 9.93 Å². The molecule has 0 heterocycles. The highest BCUT2D eigenvalue weighted by Crippen LogP contribution is 2.09. The first kappa shape index (κ1) is 13.5. The van der Waals surface area contributed by atoms with Crippen LogP contribution in [0.4, 0.5) is 0 Å². The highest BCUT2D eigenvalue weighted by atomic mass is 32.2. The molecule has 94 valence electrons. The summed E-state index contributed by atoms with van der Waals surface area (Å²) in [7, 11) is -3.62. The first-order chi connectivity index (χ1) is 7.83. The molecule has 3 N–H and O–H groups in total. The Labute approximate surface area is 102 Å². The third-order valence-electron chi connectivity index (χ3n) is 2.22. The van der Waals surface area contributed by atoms with Gasteiger partial charge in [0.15, 0.2) is 0 Å². The van der Waals surface area contributed by atoms with Crippen molar-refractivity contribution in [1.29, 1.82) is 0 Å². The largest absolute Gasteiger partial charge is 0.385 e. The van der Waals surface area contributed by atoms with Crippen LogP contribution in [-0.2, 0) is 10.0 Å². The second-order valence-electron chi connectivity index (χ2n) is 4.10. The quantitative estimate of drug-likeness (QED) is 0.481. The zero-order valence-electron chi connectivity index (χ0n) is 10.1. The van der Waals surface area contributed by atoms with E-state index in [4.69, 9.17) is 5.73 Å². The van der Waals surface area contributed by atoms with E-state index in [1.807, 2.05) is 20.8 Å². The van der Waals surface area contributed by atoms with Crippen LogP contribution in [0.1, 0.15) is 19.4 Å². The molecule has 17 heavy (non-hydrogen) atoms. The molecule has 0 atom stereocenters. The minimum absolute atomic E-state index is 0.00396. The van der Waals surface area contributed by atoms with Crippen LogP contribution in [-0.4, -0.2) is 14.3 Å². The average Bonchev–Trinajstić information content (AvgIpc) is 2.26. The third-order valence-corrected chi connectivity index (χ3v) is 3.44. The number of rotatable bonds is 4. The number of benzene rings is 1. The Kier molecular flexibility index (Phi) is 4.11. The maximum Gasteiger partial charge on any atom is 0.276 e. The summed E-state index contributed by atoms with van der Waals surface area (Å²) < 4.78 is 23.6. The van der Waals surface area contributed by atoms with E-state index in [9.17, 15) is 8.42 Å². The minimum Gasteiger partial charge on any atom is -0.385 e. The van der Waals surface area contributed by atoms with E-state index in [-0.39, 0.29) is 16.6 Å². The SMILES string of the molecule is Cc1ccc(S(=O)(=O)N/N=C(/N)C(C)C)cc1. The highest BCUT2D eigenvalue weighted by molar-refractivity contribution is 7.89. The highest BCUT2D eigenvalue weighted by Gasteiger charge is 2.12. The number of aryl methyl sites for hydroxylation is 1. The van der Waals surface area contributed by atoms with E-state index in [1.54, 1.807) is 12.1 Å². The zero-order chi connectivity index (χ0) is 13.1. The Morgan fingerprint density at radius 2 is 1.82 bits per heavy atom. The van der Waals surface area contributed by atoms with E-state index in [1.165, 1.54) is 12.1 Å². The van der Waals surface area contributed by atoms with Crippen LogP contribution in [0.2, 0.25) is 0 Å². The lowest BCUT2D eigenvalue weighted by Crippen LogP contribution is -2.26. The molecular weight excluding hydrogens is 238 g/mol. The van der Waals surface area contributed by atoms with Crippen LogP contribution >= 0.6 is 0 Å². The molecule has 0 aliphatic heterocycles. The predicted octanol–water partition coefficient (Wildman–Crippen LogP) is 1.20. The number of hydrogen-bond donors (Lipinski definition) is 2. The van der Waals surface area contributed by atoms with Crippen molar-refractivity contribution < 1.29 is 8.42 Å². The molecule has 6 heteroatoms. The molecule has 0 spiro atoms. The fraction of sp³-hybridized carbons (Fsp3) is 0.364. The van der Waals surface area contributed by atoms with Gasteiger partial charge in [0.25, 0.3) is 10.0 Å². The van der Waals surface area contributed by atoms with Gasteiger partial charge in [0, 0.05) is 5.92 Å². The van der Waals surface area contributed by atoms with Crippen molar-refractivity contribution in [2.24, 2.45) is 16.8 Å². The molecule has 0 aromatic heterocycles. The van der Waals surface area contributed by atoms with Gasteiger partial charge in [-0.3, -0.25) is 0 Å². The first-order valence-corrected chi connectivity index (χ1v) is 6.73. The fourth-order valence-electron chi connectivity index (χ4n) is 1.01. The summed E-state index contributed by atoms with van der Waals surface area (Å²) in [4.78, 5) is 2.28. The lowest BCUT2D eigenvalue weighted by Gasteiger charge is -2.06. The van der Waals surface area contributed by atoms with Gasteiger partial charge in [-0.1, -0.05) is 31.5 Å². The van der Waals surface area contributed by atoms with Crippen molar-refractivity contribution in [2.45, 2.75) is 25.7 Å². The van der Waals surface area contributed by atoms with Crippen LogP contribution < -0.4 is 10.6 Å². The maximum atomic E-state index is 11.8. The molecule has 0 aliphatic carbocycles. The van der Waals surface area contributed by atoms with Gasteiger partial charge in [-0.15, -0.1) is 0 Å². The average molecular weight is 255 g/mol. The van der Waals surface area contributed by atoms with E-state index in [0.29, 0.717) is 0 Å². The molecule has 0 unspecified atom stereocenters. The third kappa shape index (κ3) is 3.74. The molecule has 5 nitrogen and oxygen atoms in total. The van der Waals surface area contributed by atoms with Crippen molar-refractivity contribution in [1.82, 2.24) is 4.83 Å². The summed E-state index contributed by atoms with van der Waals surface area (Å²) in [5.41, 5.74) is 6.54. The molecule has 1 aromatic rings. The molecular formula is C11H17N3O2S. The number of amidine groups is 1. The van der Waals surface area contributed by atoms with Gasteiger partial charge in [0.05, 0.1) is 4.90 Å². The second-order valence-corrected chi connectivity index (χ2v) is 5.76. The van der Waals surface area contributed by atoms with Gasteiger partial charge < -0.3 is 5.73 Å². The monoisotopic (exact) mass is 255 g/mol. The number of sulfonamides is 1. The Morgan fingerprint density at radius 3 is 2.29 bits per heavy atom.